The van der Waals surface area contributed by atoms with Gasteiger partial charge in [0, 0.05) is 0 Å². The molecule has 176 valence electrons. The van der Waals surface area contributed by atoms with Crippen LogP contribution in [0.4, 0.5) is 4.79 Å². The number of aliphatic hydroxyl groups excluding tert-OH is 4. The Balaban J connectivity index is 8.40. The van der Waals surface area contributed by atoms with E-state index in [1.807, 2.05) is 0 Å². The van der Waals surface area contributed by atoms with E-state index >= 15 is 0 Å². The summed E-state index contributed by atoms with van der Waals surface area (Å²) in [4.78, 5) is 64.5. The van der Waals surface area contributed by atoms with Crippen molar-refractivity contribution < 1.29 is 49.1 Å². The summed E-state index contributed by atoms with van der Waals surface area (Å²) in [6, 6.07) is 0. The SMILES string of the molecule is C=CC(=O)C(C(=O)C=C)(C(O)CO)C(C)(OC(N)=O)C(C(=O)C=C)(C(=O)C=C)C(O)CO. The molecule has 0 aromatic rings. The summed E-state index contributed by atoms with van der Waals surface area (Å²) in [5, 5.41) is 40.8. The molecular formula is C21H27NO10. The molecule has 32 heavy (non-hydrogen) atoms. The Morgan fingerprint density at radius 2 is 1.03 bits per heavy atom. The molecule has 2 unspecified atom stereocenters. The van der Waals surface area contributed by atoms with Crippen LogP contribution in [0, 0.1) is 10.8 Å². The molecule has 0 rings (SSSR count). The van der Waals surface area contributed by atoms with Crippen molar-refractivity contribution in [3.8, 4) is 0 Å². The maximum Gasteiger partial charge on any atom is 0.405 e. The lowest BCUT2D eigenvalue weighted by atomic mass is 9.49. The molecule has 0 heterocycles. The normalized spacial score (nSPS) is 15.3. The number of allylic oxidation sites excluding steroid dienone is 4. The van der Waals surface area contributed by atoms with Crippen LogP contribution in [-0.2, 0) is 23.9 Å². The van der Waals surface area contributed by atoms with Crippen molar-refractivity contribution in [2.75, 3.05) is 13.2 Å². The molecular weight excluding hydrogens is 426 g/mol. The largest absolute Gasteiger partial charge is 0.440 e. The Morgan fingerprint density at radius 1 is 0.781 bits per heavy atom. The fourth-order valence-corrected chi connectivity index (χ4v) is 4.07. The Bertz CT molecular complexity index is 746. The van der Waals surface area contributed by atoms with E-state index in [9.17, 15) is 44.4 Å². The van der Waals surface area contributed by atoms with Gasteiger partial charge < -0.3 is 30.9 Å². The number of primary amides is 1. The monoisotopic (exact) mass is 453 g/mol. The zero-order valence-corrected chi connectivity index (χ0v) is 17.5. The summed E-state index contributed by atoms with van der Waals surface area (Å²) < 4.78 is 5.03. The van der Waals surface area contributed by atoms with E-state index in [-0.39, 0.29) is 0 Å². The number of rotatable bonds is 15. The Hall–Kier alpha value is -3.25. The molecule has 0 fully saturated rings. The van der Waals surface area contributed by atoms with Crippen LogP contribution in [0.5, 0.6) is 0 Å². The molecule has 11 heteroatoms. The minimum atomic E-state index is -3.20. The molecule has 0 bridgehead atoms. The second-order valence-corrected chi connectivity index (χ2v) is 6.74. The van der Waals surface area contributed by atoms with Gasteiger partial charge in [0.1, 0.15) is 12.2 Å². The van der Waals surface area contributed by atoms with Gasteiger partial charge in [-0.2, -0.15) is 0 Å². The number of ether oxygens (including phenoxy) is 1. The quantitative estimate of drug-likeness (QED) is 0.144. The van der Waals surface area contributed by atoms with Crippen LogP contribution in [0.2, 0.25) is 0 Å². The lowest BCUT2D eigenvalue weighted by Gasteiger charge is -2.55. The van der Waals surface area contributed by atoms with Gasteiger partial charge >= 0.3 is 6.09 Å². The predicted molar refractivity (Wildman–Crippen MR) is 111 cm³/mol. The smallest absolute Gasteiger partial charge is 0.405 e. The third-order valence-electron chi connectivity index (χ3n) is 5.45. The number of aliphatic hydroxyl groups is 4. The van der Waals surface area contributed by atoms with Crippen molar-refractivity contribution in [1.82, 2.24) is 0 Å². The molecule has 0 saturated heterocycles. The highest BCUT2D eigenvalue weighted by Crippen LogP contribution is 2.54. The van der Waals surface area contributed by atoms with Gasteiger partial charge in [-0.1, -0.05) is 26.3 Å². The lowest BCUT2D eigenvalue weighted by Crippen LogP contribution is -2.77. The number of carbonyl (C=O) groups excluding carboxylic acids is 5. The van der Waals surface area contributed by atoms with E-state index in [1.54, 1.807) is 0 Å². The first-order chi connectivity index (χ1) is 14.8. The fourth-order valence-electron chi connectivity index (χ4n) is 4.07. The molecule has 0 radical (unpaired) electrons. The van der Waals surface area contributed by atoms with Gasteiger partial charge in [0.2, 0.25) is 0 Å². The van der Waals surface area contributed by atoms with Crippen LogP contribution < -0.4 is 5.73 Å². The fraction of sp³-hybridized carbons (Fsp3) is 0.381. The van der Waals surface area contributed by atoms with Crippen molar-refractivity contribution >= 4 is 29.2 Å². The van der Waals surface area contributed by atoms with Crippen LogP contribution in [0.3, 0.4) is 0 Å². The summed E-state index contributed by atoms with van der Waals surface area (Å²) in [7, 11) is 0. The summed E-state index contributed by atoms with van der Waals surface area (Å²) in [6.45, 7) is 10.8. The zero-order valence-electron chi connectivity index (χ0n) is 17.5. The average Bonchev–Trinajstić information content (AvgIpc) is 2.77. The Kier molecular flexibility index (Phi) is 9.76. The predicted octanol–water partition coefficient (Wildman–Crippen LogP) is -1.46. The molecule has 1 amide bonds. The van der Waals surface area contributed by atoms with Crippen molar-refractivity contribution in [2.45, 2.75) is 24.7 Å². The standard InChI is InChI=1S/C21H27NO10/c1-6-12(25)20(13(26)7-2,16(29)10-23)19(5,32-18(22)31)21(14(27)8-3,15(28)9-4)17(30)11-24/h6-9,16-17,23-24,29-30H,1-4,10-11H2,5H3,(H2,22,31). The van der Waals surface area contributed by atoms with E-state index in [4.69, 9.17) is 10.5 Å². The van der Waals surface area contributed by atoms with Crippen molar-refractivity contribution in [3.63, 3.8) is 0 Å². The third kappa shape index (κ3) is 3.86. The van der Waals surface area contributed by atoms with E-state index in [0.717, 1.165) is 0 Å². The van der Waals surface area contributed by atoms with Crippen molar-refractivity contribution in [3.05, 3.63) is 50.6 Å². The highest BCUT2D eigenvalue weighted by molar-refractivity contribution is 6.22. The average molecular weight is 453 g/mol. The molecule has 0 aromatic carbocycles. The van der Waals surface area contributed by atoms with Crippen LogP contribution in [0.25, 0.3) is 0 Å². The molecule has 0 aliphatic rings. The molecule has 2 atom stereocenters. The summed E-state index contributed by atoms with van der Waals surface area (Å²) in [6.07, 6.45) is -4.68. The highest BCUT2D eigenvalue weighted by atomic mass is 16.6. The lowest BCUT2D eigenvalue weighted by molar-refractivity contribution is -0.214. The van der Waals surface area contributed by atoms with Crippen LogP contribution >= 0.6 is 0 Å². The topological polar surface area (TPSA) is 202 Å². The van der Waals surface area contributed by atoms with E-state index < -0.39 is 71.1 Å². The van der Waals surface area contributed by atoms with Gasteiger partial charge in [-0.3, -0.25) is 19.2 Å². The van der Waals surface area contributed by atoms with E-state index in [0.29, 0.717) is 31.2 Å². The molecule has 6 N–H and O–H groups in total. The van der Waals surface area contributed by atoms with Crippen LogP contribution in [0.1, 0.15) is 6.92 Å². The molecule has 0 aliphatic carbocycles. The maximum atomic E-state index is 13.1. The van der Waals surface area contributed by atoms with Gasteiger partial charge in [0.25, 0.3) is 0 Å². The zero-order chi connectivity index (χ0) is 25.5. The van der Waals surface area contributed by atoms with Crippen molar-refractivity contribution in [1.29, 1.82) is 0 Å². The van der Waals surface area contributed by atoms with E-state index in [1.165, 1.54) is 0 Å². The molecule has 0 aromatic heterocycles. The minimum absolute atomic E-state index is 0.496. The second kappa shape index (κ2) is 10.9. The Morgan fingerprint density at radius 3 is 1.19 bits per heavy atom. The van der Waals surface area contributed by atoms with E-state index in [2.05, 4.69) is 26.3 Å². The van der Waals surface area contributed by atoms with Gasteiger partial charge in [-0.25, -0.2) is 4.79 Å². The van der Waals surface area contributed by atoms with Gasteiger partial charge in [0.05, 0.1) is 13.2 Å². The maximum absolute atomic E-state index is 13.1. The first-order valence-corrected chi connectivity index (χ1v) is 9.05. The molecule has 0 spiro atoms. The molecule has 0 aliphatic heterocycles. The summed E-state index contributed by atoms with van der Waals surface area (Å²) in [5.74, 6) is -5.74. The Labute approximate surface area is 184 Å². The molecule has 0 saturated carbocycles. The van der Waals surface area contributed by atoms with Gasteiger partial charge in [-0.15, -0.1) is 0 Å². The van der Waals surface area contributed by atoms with Crippen molar-refractivity contribution in [2.24, 2.45) is 16.6 Å². The summed E-state index contributed by atoms with van der Waals surface area (Å²) in [5.41, 5.74) is -4.47. The van der Waals surface area contributed by atoms with Crippen LogP contribution in [-0.4, -0.2) is 80.7 Å². The number of nitrogens with two attached hydrogens (primary N) is 1. The number of hydrogen-bond donors (Lipinski definition) is 5. The summed E-state index contributed by atoms with van der Waals surface area (Å²) >= 11 is 0. The first-order valence-electron chi connectivity index (χ1n) is 9.05. The number of hydrogen-bond acceptors (Lipinski definition) is 10. The number of amides is 1. The van der Waals surface area contributed by atoms with Gasteiger partial charge in [0.15, 0.2) is 39.6 Å². The number of ketones is 4. The van der Waals surface area contributed by atoms with Crippen LogP contribution in [0.15, 0.2) is 50.6 Å². The number of carbonyl (C=O) groups is 5. The highest BCUT2D eigenvalue weighted by Gasteiger charge is 2.76. The molecule has 11 nitrogen and oxygen atoms in total. The minimum Gasteiger partial charge on any atom is -0.440 e. The van der Waals surface area contributed by atoms with Gasteiger partial charge in [-0.05, 0) is 31.2 Å². The first kappa shape index (κ1) is 28.8. The second-order valence-electron chi connectivity index (χ2n) is 6.74. The third-order valence-corrected chi connectivity index (χ3v) is 5.45.